The Hall–Kier alpha value is -2.04. The molecule has 0 bridgehead atoms. The Labute approximate surface area is 125 Å². The quantitative estimate of drug-likeness (QED) is 0.875. The van der Waals surface area contributed by atoms with Crippen LogP contribution in [0.1, 0.15) is 32.1 Å². The molecule has 1 amide bonds. The summed E-state index contributed by atoms with van der Waals surface area (Å²) in [7, 11) is 3.86. The number of amides is 1. The van der Waals surface area contributed by atoms with Crippen LogP contribution in [0, 0.1) is 5.41 Å². The number of nitrogens with zero attached hydrogens (tertiary/aromatic N) is 1. The normalized spacial score (nSPS) is 16.5. The van der Waals surface area contributed by atoms with Gasteiger partial charge < -0.3 is 15.3 Å². The van der Waals surface area contributed by atoms with Gasteiger partial charge in [0, 0.05) is 31.9 Å². The number of carboxylic acid groups (broad SMARTS) is 1. The highest BCUT2D eigenvalue weighted by Gasteiger charge is 2.42. The van der Waals surface area contributed by atoms with Gasteiger partial charge in [0.15, 0.2) is 0 Å². The topological polar surface area (TPSA) is 69.6 Å². The molecule has 21 heavy (non-hydrogen) atoms. The molecule has 0 radical (unpaired) electrons. The van der Waals surface area contributed by atoms with Crippen LogP contribution in [-0.2, 0) is 9.59 Å². The summed E-state index contributed by atoms with van der Waals surface area (Å²) in [6.07, 6.45) is 3.00. The third-order valence-corrected chi connectivity index (χ3v) is 4.16. The zero-order valence-corrected chi connectivity index (χ0v) is 12.6. The van der Waals surface area contributed by atoms with Crippen LogP contribution >= 0.6 is 0 Å². The van der Waals surface area contributed by atoms with Gasteiger partial charge in [-0.15, -0.1) is 0 Å². The molecule has 1 fully saturated rings. The average Bonchev–Trinajstić information content (AvgIpc) is 2.88. The summed E-state index contributed by atoms with van der Waals surface area (Å²) < 4.78 is 0. The highest BCUT2D eigenvalue weighted by Crippen LogP contribution is 2.41. The molecule has 5 nitrogen and oxygen atoms in total. The number of carboxylic acids is 1. The fraction of sp³-hybridized carbons (Fsp3) is 0.500. The summed E-state index contributed by atoms with van der Waals surface area (Å²) >= 11 is 0. The first kappa shape index (κ1) is 15.4. The van der Waals surface area contributed by atoms with Crippen molar-refractivity contribution >= 4 is 23.3 Å². The fourth-order valence-corrected chi connectivity index (χ4v) is 2.89. The summed E-state index contributed by atoms with van der Waals surface area (Å²) in [6.45, 7) is 0. The van der Waals surface area contributed by atoms with Crippen molar-refractivity contribution in [2.45, 2.75) is 32.1 Å². The Morgan fingerprint density at radius 1 is 1.29 bits per heavy atom. The number of carbonyl (C=O) groups is 2. The minimum absolute atomic E-state index is 0.0501. The summed E-state index contributed by atoms with van der Waals surface area (Å²) in [4.78, 5) is 25.6. The van der Waals surface area contributed by atoms with E-state index in [1.807, 2.05) is 43.3 Å². The minimum Gasteiger partial charge on any atom is -0.481 e. The van der Waals surface area contributed by atoms with Crippen molar-refractivity contribution in [2.24, 2.45) is 5.41 Å². The standard InChI is InChI=1S/C16H22N2O3/c1-18(2)13-7-5-6-12(10-13)17-14(19)11-16(15(20)21)8-3-4-9-16/h5-7,10H,3-4,8-9,11H2,1-2H3,(H,17,19)(H,20,21). The van der Waals surface area contributed by atoms with Crippen LogP contribution in [0.15, 0.2) is 24.3 Å². The Kier molecular flexibility index (Phi) is 4.50. The number of hydrogen-bond acceptors (Lipinski definition) is 3. The zero-order valence-electron chi connectivity index (χ0n) is 12.6. The molecule has 2 rings (SSSR count). The van der Waals surface area contributed by atoms with E-state index in [9.17, 15) is 14.7 Å². The molecule has 1 aromatic carbocycles. The largest absolute Gasteiger partial charge is 0.481 e. The first-order valence-corrected chi connectivity index (χ1v) is 7.24. The van der Waals surface area contributed by atoms with Crippen LogP contribution in [0.25, 0.3) is 0 Å². The van der Waals surface area contributed by atoms with E-state index in [4.69, 9.17) is 0 Å². The summed E-state index contributed by atoms with van der Waals surface area (Å²) in [5.41, 5.74) is 0.815. The molecule has 0 heterocycles. The van der Waals surface area contributed by atoms with Crippen LogP contribution in [-0.4, -0.2) is 31.1 Å². The predicted octanol–water partition coefficient (Wildman–Crippen LogP) is 2.73. The van der Waals surface area contributed by atoms with Crippen LogP contribution in [0.5, 0.6) is 0 Å². The number of carbonyl (C=O) groups excluding carboxylic acids is 1. The van der Waals surface area contributed by atoms with E-state index in [1.54, 1.807) is 0 Å². The smallest absolute Gasteiger partial charge is 0.310 e. The van der Waals surface area contributed by atoms with E-state index in [0.717, 1.165) is 18.5 Å². The summed E-state index contributed by atoms with van der Waals surface area (Å²) in [6, 6.07) is 7.51. The number of benzene rings is 1. The minimum atomic E-state index is -0.872. The van der Waals surface area contributed by atoms with Crippen molar-refractivity contribution in [1.82, 2.24) is 0 Å². The van der Waals surface area contributed by atoms with E-state index in [2.05, 4.69) is 5.32 Å². The molecule has 0 unspecified atom stereocenters. The predicted molar refractivity (Wildman–Crippen MR) is 82.6 cm³/mol. The summed E-state index contributed by atoms with van der Waals surface area (Å²) in [5.74, 6) is -1.08. The molecule has 0 atom stereocenters. The lowest BCUT2D eigenvalue weighted by Crippen LogP contribution is -2.32. The molecular formula is C16H22N2O3. The second-order valence-electron chi connectivity index (χ2n) is 5.96. The Balaban J connectivity index is 2.04. The molecule has 1 aliphatic carbocycles. The molecule has 1 aromatic rings. The molecule has 0 aromatic heterocycles. The first-order valence-electron chi connectivity index (χ1n) is 7.24. The van der Waals surface area contributed by atoms with Crippen molar-refractivity contribution in [1.29, 1.82) is 0 Å². The van der Waals surface area contributed by atoms with Gasteiger partial charge in [-0.05, 0) is 31.0 Å². The lowest BCUT2D eigenvalue weighted by molar-refractivity contribution is -0.150. The Morgan fingerprint density at radius 2 is 1.95 bits per heavy atom. The van der Waals surface area contributed by atoms with Crippen molar-refractivity contribution < 1.29 is 14.7 Å². The van der Waals surface area contributed by atoms with Gasteiger partial charge in [0.1, 0.15) is 0 Å². The zero-order chi connectivity index (χ0) is 15.5. The highest BCUT2D eigenvalue weighted by molar-refractivity contribution is 5.94. The Bertz CT molecular complexity index is 534. The molecule has 1 saturated carbocycles. The van der Waals surface area contributed by atoms with E-state index >= 15 is 0 Å². The van der Waals surface area contributed by atoms with E-state index in [-0.39, 0.29) is 12.3 Å². The molecule has 114 valence electrons. The van der Waals surface area contributed by atoms with Gasteiger partial charge in [-0.25, -0.2) is 0 Å². The molecule has 0 spiro atoms. The molecule has 5 heteroatoms. The van der Waals surface area contributed by atoms with Gasteiger partial charge in [-0.2, -0.15) is 0 Å². The number of nitrogens with one attached hydrogen (secondary N) is 1. The van der Waals surface area contributed by atoms with E-state index in [1.165, 1.54) is 0 Å². The van der Waals surface area contributed by atoms with E-state index in [0.29, 0.717) is 18.5 Å². The number of aliphatic carboxylic acids is 1. The van der Waals surface area contributed by atoms with Crippen LogP contribution in [0.3, 0.4) is 0 Å². The van der Waals surface area contributed by atoms with E-state index < -0.39 is 11.4 Å². The van der Waals surface area contributed by atoms with Gasteiger partial charge in [-0.3, -0.25) is 9.59 Å². The monoisotopic (exact) mass is 290 g/mol. The third-order valence-electron chi connectivity index (χ3n) is 4.16. The molecule has 2 N–H and O–H groups in total. The Morgan fingerprint density at radius 3 is 2.52 bits per heavy atom. The van der Waals surface area contributed by atoms with Gasteiger partial charge in [-0.1, -0.05) is 18.9 Å². The molecule has 0 saturated heterocycles. The van der Waals surface area contributed by atoms with Gasteiger partial charge in [0.25, 0.3) is 0 Å². The van der Waals surface area contributed by atoms with Crippen LogP contribution in [0.4, 0.5) is 11.4 Å². The lowest BCUT2D eigenvalue weighted by atomic mass is 9.82. The van der Waals surface area contributed by atoms with Crippen molar-refractivity contribution in [3.8, 4) is 0 Å². The lowest BCUT2D eigenvalue weighted by Gasteiger charge is -2.23. The number of rotatable bonds is 5. The maximum absolute atomic E-state index is 12.2. The average molecular weight is 290 g/mol. The van der Waals surface area contributed by atoms with Crippen LogP contribution < -0.4 is 10.2 Å². The summed E-state index contributed by atoms with van der Waals surface area (Å²) in [5, 5.41) is 12.2. The SMILES string of the molecule is CN(C)c1cccc(NC(=O)CC2(C(=O)O)CCCC2)c1. The molecular weight excluding hydrogens is 268 g/mol. The third kappa shape index (κ3) is 3.54. The first-order chi connectivity index (χ1) is 9.93. The molecule has 1 aliphatic rings. The maximum atomic E-state index is 12.2. The van der Waals surface area contributed by atoms with Gasteiger partial charge >= 0.3 is 5.97 Å². The van der Waals surface area contributed by atoms with Gasteiger partial charge in [0.2, 0.25) is 5.91 Å². The molecule has 0 aliphatic heterocycles. The maximum Gasteiger partial charge on any atom is 0.310 e. The highest BCUT2D eigenvalue weighted by atomic mass is 16.4. The second-order valence-corrected chi connectivity index (χ2v) is 5.96. The van der Waals surface area contributed by atoms with Crippen molar-refractivity contribution in [3.05, 3.63) is 24.3 Å². The van der Waals surface area contributed by atoms with Crippen molar-refractivity contribution in [3.63, 3.8) is 0 Å². The number of anilines is 2. The van der Waals surface area contributed by atoms with Crippen LogP contribution in [0.2, 0.25) is 0 Å². The fourth-order valence-electron chi connectivity index (χ4n) is 2.89. The van der Waals surface area contributed by atoms with Gasteiger partial charge in [0.05, 0.1) is 5.41 Å². The second kappa shape index (κ2) is 6.16. The van der Waals surface area contributed by atoms with Crippen molar-refractivity contribution in [2.75, 3.05) is 24.3 Å². The number of hydrogen-bond donors (Lipinski definition) is 2.